The van der Waals surface area contributed by atoms with E-state index in [1.807, 2.05) is 20.8 Å². The van der Waals surface area contributed by atoms with Crippen LogP contribution in [0.4, 0.5) is 11.5 Å². The van der Waals surface area contributed by atoms with Gasteiger partial charge in [-0.15, -0.1) is 0 Å². The Balaban J connectivity index is 2.65. The molecule has 0 amide bonds. The van der Waals surface area contributed by atoms with Crippen molar-refractivity contribution in [1.29, 1.82) is 0 Å². The number of nitro benzene ring substituents is 1. The maximum Gasteiger partial charge on any atom is 0.270 e. The molecule has 2 rings (SSSR count). The van der Waals surface area contributed by atoms with Gasteiger partial charge in [0.15, 0.2) is 11.6 Å². The van der Waals surface area contributed by atoms with Gasteiger partial charge in [0.25, 0.3) is 5.69 Å². The molecule has 0 spiro atoms. The Labute approximate surface area is 110 Å². The minimum atomic E-state index is -0.433. The molecule has 2 aromatic rings. The molecule has 0 fully saturated rings. The van der Waals surface area contributed by atoms with Crippen molar-refractivity contribution in [3.05, 3.63) is 39.4 Å². The summed E-state index contributed by atoms with van der Waals surface area (Å²) in [6.45, 7) is 5.81. The maximum atomic E-state index is 10.9. The van der Waals surface area contributed by atoms with E-state index in [-0.39, 0.29) is 11.6 Å². The van der Waals surface area contributed by atoms with Crippen LogP contribution in [0, 0.1) is 17.0 Å². The summed E-state index contributed by atoms with van der Waals surface area (Å²) in [6, 6.07) is 4.64. The number of aromatic nitrogens is 1. The number of nitrogens with zero attached hydrogens (tertiary/aromatic N) is 2. The first kappa shape index (κ1) is 13.1. The van der Waals surface area contributed by atoms with E-state index in [4.69, 9.17) is 10.3 Å². The van der Waals surface area contributed by atoms with Crippen molar-refractivity contribution in [3.8, 4) is 11.3 Å². The number of rotatable bonds is 3. The average molecular weight is 261 g/mol. The molecule has 1 aromatic carbocycles. The van der Waals surface area contributed by atoms with Gasteiger partial charge >= 0.3 is 0 Å². The first-order chi connectivity index (χ1) is 8.91. The molecular weight excluding hydrogens is 246 g/mol. The Kier molecular flexibility index (Phi) is 3.25. The number of aryl methyl sites for hydroxylation is 1. The number of non-ortho nitro benzene ring substituents is 1. The quantitative estimate of drug-likeness (QED) is 0.675. The van der Waals surface area contributed by atoms with Gasteiger partial charge in [0.1, 0.15) is 0 Å². The molecule has 0 aliphatic rings. The third-order valence-electron chi connectivity index (χ3n) is 3.01. The summed E-state index contributed by atoms with van der Waals surface area (Å²) in [7, 11) is 0. The molecule has 100 valence electrons. The predicted molar refractivity (Wildman–Crippen MR) is 71.8 cm³/mol. The zero-order chi connectivity index (χ0) is 14.2. The first-order valence-electron chi connectivity index (χ1n) is 5.92. The molecule has 0 atom stereocenters. The fourth-order valence-corrected chi connectivity index (χ4v) is 2.03. The summed E-state index contributed by atoms with van der Waals surface area (Å²) in [5.74, 6) is 0.963. The van der Waals surface area contributed by atoms with E-state index in [0.717, 1.165) is 11.1 Å². The fraction of sp³-hybridized carbons (Fsp3) is 0.308. The Hall–Kier alpha value is -2.37. The third-order valence-corrected chi connectivity index (χ3v) is 3.01. The topological polar surface area (TPSA) is 95.2 Å². The number of hydrogen-bond acceptors (Lipinski definition) is 5. The number of nitro groups is 1. The summed E-state index contributed by atoms with van der Waals surface area (Å²) >= 11 is 0. The summed E-state index contributed by atoms with van der Waals surface area (Å²) in [6.07, 6.45) is 0. The van der Waals surface area contributed by atoms with E-state index in [9.17, 15) is 10.1 Å². The lowest BCUT2D eigenvalue weighted by molar-refractivity contribution is -0.384. The Morgan fingerprint density at radius 2 is 2.11 bits per heavy atom. The number of nitrogens with two attached hydrogens (primary N) is 1. The molecule has 0 aliphatic heterocycles. The van der Waals surface area contributed by atoms with E-state index in [1.54, 1.807) is 6.07 Å². The van der Waals surface area contributed by atoms with Crippen LogP contribution in [0.1, 0.15) is 30.9 Å². The Morgan fingerprint density at radius 3 is 2.68 bits per heavy atom. The highest BCUT2D eigenvalue weighted by Gasteiger charge is 2.21. The monoisotopic (exact) mass is 261 g/mol. The lowest BCUT2D eigenvalue weighted by Gasteiger charge is -2.07. The van der Waals surface area contributed by atoms with Gasteiger partial charge in [0, 0.05) is 23.3 Å². The number of anilines is 1. The molecule has 0 bridgehead atoms. The lowest BCUT2D eigenvalue weighted by Crippen LogP contribution is -1.96. The van der Waals surface area contributed by atoms with Crippen LogP contribution in [0.15, 0.2) is 22.7 Å². The van der Waals surface area contributed by atoms with Crippen molar-refractivity contribution in [2.24, 2.45) is 0 Å². The van der Waals surface area contributed by atoms with Crippen molar-refractivity contribution < 1.29 is 9.45 Å². The van der Waals surface area contributed by atoms with Crippen molar-refractivity contribution in [2.45, 2.75) is 26.7 Å². The van der Waals surface area contributed by atoms with E-state index >= 15 is 0 Å². The highest BCUT2D eigenvalue weighted by atomic mass is 16.6. The van der Waals surface area contributed by atoms with E-state index in [0.29, 0.717) is 17.1 Å². The Morgan fingerprint density at radius 1 is 1.42 bits per heavy atom. The van der Waals surface area contributed by atoms with Crippen LogP contribution in [-0.4, -0.2) is 10.1 Å². The molecule has 1 heterocycles. The van der Waals surface area contributed by atoms with Gasteiger partial charge in [-0.05, 0) is 18.4 Å². The largest absolute Gasteiger partial charge is 0.381 e. The standard InChI is InChI=1S/C13H15N3O3/c1-7(2)11-12(19-15-13(11)14)10-6-9(16(17)18)5-4-8(10)3/h4-7H,1-3H3,(H2,14,15). The summed E-state index contributed by atoms with van der Waals surface area (Å²) in [5, 5.41) is 14.6. The molecule has 19 heavy (non-hydrogen) atoms. The second-order valence-electron chi connectivity index (χ2n) is 4.72. The third kappa shape index (κ3) is 2.29. The zero-order valence-corrected chi connectivity index (χ0v) is 11.0. The van der Waals surface area contributed by atoms with Gasteiger partial charge in [-0.25, -0.2) is 0 Å². The molecule has 0 saturated carbocycles. The summed E-state index contributed by atoms with van der Waals surface area (Å²) < 4.78 is 5.26. The molecule has 6 nitrogen and oxygen atoms in total. The maximum absolute atomic E-state index is 10.9. The number of benzene rings is 1. The van der Waals surface area contributed by atoms with E-state index in [2.05, 4.69) is 5.16 Å². The van der Waals surface area contributed by atoms with Gasteiger partial charge in [0.05, 0.1) is 4.92 Å². The van der Waals surface area contributed by atoms with Gasteiger partial charge < -0.3 is 10.3 Å². The first-order valence-corrected chi connectivity index (χ1v) is 5.92. The van der Waals surface area contributed by atoms with Crippen LogP contribution in [0.3, 0.4) is 0 Å². The normalized spacial score (nSPS) is 10.9. The highest BCUT2D eigenvalue weighted by Crippen LogP contribution is 2.36. The minimum Gasteiger partial charge on any atom is -0.381 e. The van der Waals surface area contributed by atoms with Gasteiger partial charge in [-0.3, -0.25) is 10.1 Å². The lowest BCUT2D eigenvalue weighted by atomic mass is 9.96. The van der Waals surface area contributed by atoms with Gasteiger partial charge in [-0.2, -0.15) is 0 Å². The summed E-state index contributed by atoms with van der Waals surface area (Å²) in [5.41, 5.74) is 8.12. The molecular formula is C13H15N3O3. The van der Waals surface area contributed by atoms with Crippen molar-refractivity contribution in [1.82, 2.24) is 5.16 Å². The smallest absolute Gasteiger partial charge is 0.270 e. The molecule has 0 aliphatic carbocycles. The molecule has 6 heteroatoms. The molecule has 0 unspecified atom stereocenters. The van der Waals surface area contributed by atoms with Crippen LogP contribution in [0.2, 0.25) is 0 Å². The molecule has 0 saturated heterocycles. The van der Waals surface area contributed by atoms with Crippen molar-refractivity contribution in [3.63, 3.8) is 0 Å². The molecule has 1 aromatic heterocycles. The summed E-state index contributed by atoms with van der Waals surface area (Å²) in [4.78, 5) is 10.4. The Bertz CT molecular complexity index is 632. The van der Waals surface area contributed by atoms with Crippen LogP contribution in [0.25, 0.3) is 11.3 Å². The van der Waals surface area contributed by atoms with Crippen molar-refractivity contribution >= 4 is 11.5 Å². The zero-order valence-electron chi connectivity index (χ0n) is 11.0. The van der Waals surface area contributed by atoms with E-state index < -0.39 is 4.92 Å². The highest BCUT2D eigenvalue weighted by molar-refractivity contribution is 5.71. The second kappa shape index (κ2) is 4.72. The second-order valence-corrected chi connectivity index (χ2v) is 4.72. The molecule has 2 N–H and O–H groups in total. The van der Waals surface area contributed by atoms with Gasteiger partial charge in [0.2, 0.25) is 0 Å². The van der Waals surface area contributed by atoms with Crippen LogP contribution < -0.4 is 5.73 Å². The van der Waals surface area contributed by atoms with Gasteiger partial charge in [-0.1, -0.05) is 25.1 Å². The minimum absolute atomic E-state index is 0.0188. The SMILES string of the molecule is Cc1ccc([N+](=O)[O-])cc1-c1onc(N)c1C(C)C. The van der Waals surface area contributed by atoms with Crippen LogP contribution >= 0.6 is 0 Å². The predicted octanol–water partition coefficient (Wildman–Crippen LogP) is 3.26. The van der Waals surface area contributed by atoms with Crippen LogP contribution in [0.5, 0.6) is 0 Å². The number of hydrogen-bond donors (Lipinski definition) is 1. The molecule has 0 radical (unpaired) electrons. The average Bonchev–Trinajstić information content (AvgIpc) is 2.71. The fourth-order valence-electron chi connectivity index (χ4n) is 2.03. The van der Waals surface area contributed by atoms with Crippen LogP contribution in [-0.2, 0) is 0 Å². The van der Waals surface area contributed by atoms with Crippen molar-refractivity contribution in [2.75, 3.05) is 5.73 Å². The number of nitrogen functional groups attached to an aromatic ring is 1. The van der Waals surface area contributed by atoms with E-state index in [1.165, 1.54) is 12.1 Å².